The molecule has 0 saturated heterocycles. The number of carbonyl (C=O) groups is 2. The summed E-state index contributed by atoms with van der Waals surface area (Å²) in [6, 6.07) is 26.0. The summed E-state index contributed by atoms with van der Waals surface area (Å²) in [5.41, 5.74) is 4.15. The lowest BCUT2D eigenvalue weighted by atomic mass is 9.89. The number of allylic oxidation sites excluding steroid dienone is 2. The fraction of sp³-hybridized carbons (Fsp3) is 0.200. The number of carboxylic acid groups (broad SMARTS) is 2. The fourth-order valence-corrected chi connectivity index (χ4v) is 5.01. The van der Waals surface area contributed by atoms with Crippen molar-refractivity contribution in [1.82, 2.24) is 0 Å². The molecule has 0 aromatic heterocycles. The van der Waals surface area contributed by atoms with Crippen LogP contribution in [0.1, 0.15) is 48.8 Å². The van der Waals surface area contributed by atoms with Crippen molar-refractivity contribution in [3.63, 3.8) is 0 Å². The van der Waals surface area contributed by atoms with E-state index in [4.69, 9.17) is 10.5 Å². The Hall–Kier alpha value is -5.40. The fourth-order valence-electron chi connectivity index (χ4n) is 5.01. The third-order valence-electron chi connectivity index (χ3n) is 7.23. The molecule has 7 nitrogen and oxygen atoms in total. The summed E-state index contributed by atoms with van der Waals surface area (Å²) in [6.45, 7) is 0. The van der Waals surface area contributed by atoms with Crippen LogP contribution in [0, 0.1) is 28.6 Å². The first-order valence-electron chi connectivity index (χ1n) is 13.8. The molecule has 0 spiro atoms. The van der Waals surface area contributed by atoms with E-state index in [1.165, 1.54) is 49.8 Å². The van der Waals surface area contributed by atoms with E-state index < -0.39 is 11.9 Å². The smallest absolute Gasteiger partial charge is 0.346 e. The molecule has 0 amide bonds. The number of nitrogens with zero attached hydrogens (tertiary/aromatic N) is 3. The Morgan fingerprint density at radius 3 is 1.55 bits per heavy atom. The lowest BCUT2D eigenvalue weighted by molar-refractivity contribution is -0.133. The van der Waals surface area contributed by atoms with Crippen LogP contribution in [0.15, 0.2) is 96.1 Å². The van der Waals surface area contributed by atoms with Crippen LogP contribution in [-0.4, -0.2) is 22.2 Å². The zero-order valence-electron chi connectivity index (χ0n) is 23.1. The molecule has 4 rings (SSSR count). The summed E-state index contributed by atoms with van der Waals surface area (Å²) in [5, 5.41) is 36.6. The van der Waals surface area contributed by atoms with Crippen molar-refractivity contribution in [2.24, 2.45) is 5.92 Å². The Kier molecular flexibility index (Phi) is 10.1. The number of aliphatic carboxylic acids is 2. The summed E-state index contributed by atoms with van der Waals surface area (Å²) in [5.74, 6) is -1.88. The Bertz CT molecular complexity index is 1490. The lowest BCUT2D eigenvalue weighted by Gasteiger charge is -2.26. The van der Waals surface area contributed by atoms with E-state index in [0.717, 1.165) is 23.5 Å². The van der Waals surface area contributed by atoms with Gasteiger partial charge in [0.05, 0.1) is 0 Å². The molecule has 1 fully saturated rings. The normalized spacial score (nSPS) is 14.2. The van der Waals surface area contributed by atoms with Gasteiger partial charge < -0.3 is 15.1 Å². The highest BCUT2D eigenvalue weighted by molar-refractivity contribution is 5.97. The van der Waals surface area contributed by atoms with Crippen molar-refractivity contribution >= 4 is 41.2 Å². The van der Waals surface area contributed by atoms with Gasteiger partial charge in [-0.3, -0.25) is 0 Å². The van der Waals surface area contributed by atoms with E-state index in [1.807, 2.05) is 41.3 Å². The third kappa shape index (κ3) is 7.84. The maximum absolute atomic E-state index is 11.2. The minimum atomic E-state index is -1.28. The highest BCUT2D eigenvalue weighted by atomic mass is 16.4. The van der Waals surface area contributed by atoms with Gasteiger partial charge in [0.25, 0.3) is 0 Å². The zero-order chi connectivity index (χ0) is 29.9. The van der Waals surface area contributed by atoms with Gasteiger partial charge in [-0.1, -0.05) is 67.8 Å². The van der Waals surface area contributed by atoms with Crippen LogP contribution in [0.2, 0.25) is 0 Å². The maximum atomic E-state index is 11.2. The molecular formula is C35H31N3O4. The van der Waals surface area contributed by atoms with Gasteiger partial charge in [-0.25, -0.2) is 9.59 Å². The molecule has 210 valence electrons. The summed E-state index contributed by atoms with van der Waals surface area (Å²) in [6.07, 6.45) is 14.6. The van der Waals surface area contributed by atoms with Crippen LogP contribution in [0.5, 0.6) is 0 Å². The van der Waals surface area contributed by atoms with Gasteiger partial charge in [0.15, 0.2) is 0 Å². The van der Waals surface area contributed by atoms with E-state index in [9.17, 15) is 19.8 Å². The van der Waals surface area contributed by atoms with E-state index >= 15 is 0 Å². The molecular weight excluding hydrogens is 526 g/mol. The van der Waals surface area contributed by atoms with Gasteiger partial charge in [-0.15, -0.1) is 0 Å². The van der Waals surface area contributed by atoms with Gasteiger partial charge >= 0.3 is 11.9 Å². The van der Waals surface area contributed by atoms with Crippen molar-refractivity contribution in [2.75, 3.05) is 4.90 Å². The van der Waals surface area contributed by atoms with Gasteiger partial charge in [-0.05, 0) is 90.4 Å². The van der Waals surface area contributed by atoms with E-state index in [2.05, 4.69) is 24.3 Å². The van der Waals surface area contributed by atoms with Crippen molar-refractivity contribution in [3.05, 3.63) is 113 Å². The molecule has 0 heterocycles. The second-order valence-electron chi connectivity index (χ2n) is 10.2. The van der Waals surface area contributed by atoms with Crippen molar-refractivity contribution in [3.8, 4) is 12.1 Å². The Morgan fingerprint density at radius 2 is 1.14 bits per heavy atom. The molecule has 0 bridgehead atoms. The first-order chi connectivity index (χ1) is 20.4. The van der Waals surface area contributed by atoms with Crippen molar-refractivity contribution in [1.29, 1.82) is 10.5 Å². The third-order valence-corrected chi connectivity index (χ3v) is 7.23. The standard InChI is InChI=1S/C35H31N3O4/c36-23-29(34(39)40)21-27-11-17-32(18-12-27)38(33-19-13-28(14-20-33)22-30(24-37)35(41)42)31-15-9-26(10-16-31)8-4-7-25-5-2-1-3-6-25/h4,7,9-22,25H,1-3,5-6,8H2,(H,39,40)(H,41,42)/b7-4+,29-21-,30-22+. The molecule has 3 aromatic rings. The number of hydrogen-bond acceptors (Lipinski definition) is 5. The molecule has 42 heavy (non-hydrogen) atoms. The predicted octanol–water partition coefficient (Wildman–Crippen LogP) is 7.82. The summed E-state index contributed by atoms with van der Waals surface area (Å²) < 4.78 is 0. The zero-order valence-corrected chi connectivity index (χ0v) is 23.1. The topological polar surface area (TPSA) is 125 Å². The van der Waals surface area contributed by atoms with Crippen LogP contribution in [0.3, 0.4) is 0 Å². The van der Waals surface area contributed by atoms with Gasteiger partial charge in [-0.2, -0.15) is 10.5 Å². The Balaban J connectivity index is 1.63. The number of carboxylic acids is 2. The van der Waals surface area contributed by atoms with Crippen LogP contribution >= 0.6 is 0 Å². The van der Waals surface area contributed by atoms with Gasteiger partial charge in [0.2, 0.25) is 0 Å². The van der Waals surface area contributed by atoms with Crippen LogP contribution in [0.25, 0.3) is 12.2 Å². The number of nitriles is 2. The highest BCUT2D eigenvalue weighted by Crippen LogP contribution is 2.35. The van der Waals surface area contributed by atoms with Gasteiger partial charge in [0, 0.05) is 17.1 Å². The summed E-state index contributed by atoms with van der Waals surface area (Å²) in [4.78, 5) is 24.5. The number of rotatable bonds is 10. The van der Waals surface area contributed by atoms with Gasteiger partial charge in [0.1, 0.15) is 23.3 Å². The Labute approximate surface area is 245 Å². The molecule has 0 aliphatic heterocycles. The molecule has 1 aliphatic carbocycles. The second-order valence-corrected chi connectivity index (χ2v) is 10.2. The number of anilines is 3. The minimum Gasteiger partial charge on any atom is -0.477 e. The summed E-state index contributed by atoms with van der Waals surface area (Å²) in [7, 11) is 0. The maximum Gasteiger partial charge on any atom is 0.346 e. The molecule has 2 N–H and O–H groups in total. The van der Waals surface area contributed by atoms with Crippen LogP contribution in [-0.2, 0) is 16.0 Å². The van der Waals surface area contributed by atoms with Crippen LogP contribution in [0.4, 0.5) is 17.1 Å². The lowest BCUT2D eigenvalue weighted by Crippen LogP contribution is -2.10. The highest BCUT2D eigenvalue weighted by Gasteiger charge is 2.14. The quantitative estimate of drug-likeness (QED) is 0.148. The number of benzene rings is 3. The predicted molar refractivity (Wildman–Crippen MR) is 163 cm³/mol. The molecule has 0 atom stereocenters. The molecule has 1 saturated carbocycles. The SMILES string of the molecule is N#C/C(=C/c1ccc(N(c2ccc(/C=C(\C#N)C(=O)O)cc2)c2ccc(C/C=C/C3CCCCC3)cc2)cc1)C(=O)O. The largest absolute Gasteiger partial charge is 0.477 e. The Morgan fingerprint density at radius 1 is 0.714 bits per heavy atom. The second kappa shape index (κ2) is 14.3. The monoisotopic (exact) mass is 557 g/mol. The molecule has 7 heteroatoms. The summed E-state index contributed by atoms with van der Waals surface area (Å²) >= 11 is 0. The average Bonchev–Trinajstić information content (AvgIpc) is 3.01. The van der Waals surface area contributed by atoms with Crippen LogP contribution < -0.4 is 4.90 Å². The average molecular weight is 558 g/mol. The molecule has 0 unspecified atom stereocenters. The van der Waals surface area contributed by atoms with Crippen molar-refractivity contribution in [2.45, 2.75) is 38.5 Å². The first-order valence-corrected chi connectivity index (χ1v) is 13.8. The van der Waals surface area contributed by atoms with E-state index in [1.54, 1.807) is 36.4 Å². The molecule has 3 aromatic carbocycles. The molecule has 1 aliphatic rings. The van der Waals surface area contributed by atoms with Crippen molar-refractivity contribution < 1.29 is 19.8 Å². The van der Waals surface area contributed by atoms with E-state index in [0.29, 0.717) is 17.0 Å². The first kappa shape index (κ1) is 29.6. The number of hydrogen-bond donors (Lipinski definition) is 2. The minimum absolute atomic E-state index is 0.352. The molecule has 0 radical (unpaired) electrons. The van der Waals surface area contributed by atoms with E-state index in [-0.39, 0.29) is 11.1 Å².